The zero-order valence-electron chi connectivity index (χ0n) is 9.13. The summed E-state index contributed by atoms with van der Waals surface area (Å²) in [5, 5.41) is 11.4. The van der Waals surface area contributed by atoms with Crippen LogP contribution >= 0.6 is 22.6 Å². The Labute approximate surface area is 108 Å². The SMILES string of the molecule is CN=C(C=NO)N(C)Cc1ccc(I)nc1. The Morgan fingerprint density at radius 3 is 2.88 bits per heavy atom. The zero-order valence-corrected chi connectivity index (χ0v) is 11.3. The van der Waals surface area contributed by atoms with Crippen LogP contribution in [0.25, 0.3) is 0 Å². The van der Waals surface area contributed by atoms with E-state index in [-0.39, 0.29) is 0 Å². The summed E-state index contributed by atoms with van der Waals surface area (Å²) in [7, 11) is 3.53. The maximum atomic E-state index is 8.47. The summed E-state index contributed by atoms with van der Waals surface area (Å²) in [6, 6.07) is 3.96. The van der Waals surface area contributed by atoms with Crippen molar-refractivity contribution in [1.82, 2.24) is 9.88 Å². The fourth-order valence-corrected chi connectivity index (χ4v) is 1.55. The first-order valence-corrected chi connectivity index (χ1v) is 5.71. The van der Waals surface area contributed by atoms with Crippen LogP contribution in [0.4, 0.5) is 0 Å². The van der Waals surface area contributed by atoms with Gasteiger partial charge in [-0.05, 0) is 34.2 Å². The van der Waals surface area contributed by atoms with Crippen molar-refractivity contribution >= 4 is 34.6 Å². The van der Waals surface area contributed by atoms with Crippen LogP contribution in [0.5, 0.6) is 0 Å². The van der Waals surface area contributed by atoms with E-state index in [9.17, 15) is 0 Å². The summed E-state index contributed by atoms with van der Waals surface area (Å²) in [5.74, 6) is 0.612. The van der Waals surface area contributed by atoms with Crippen LogP contribution in [0.3, 0.4) is 0 Å². The van der Waals surface area contributed by atoms with E-state index in [2.05, 4.69) is 37.7 Å². The lowest BCUT2D eigenvalue weighted by atomic mass is 10.3. The average Bonchev–Trinajstić information content (AvgIpc) is 2.29. The van der Waals surface area contributed by atoms with Crippen LogP contribution < -0.4 is 0 Å². The monoisotopic (exact) mass is 332 g/mol. The van der Waals surface area contributed by atoms with Crippen molar-refractivity contribution in [3.05, 3.63) is 27.6 Å². The third-order valence-corrected chi connectivity index (χ3v) is 2.64. The summed E-state index contributed by atoms with van der Waals surface area (Å²) < 4.78 is 0.963. The zero-order chi connectivity index (χ0) is 12.0. The lowest BCUT2D eigenvalue weighted by Crippen LogP contribution is -2.27. The van der Waals surface area contributed by atoms with Crippen molar-refractivity contribution in [3.63, 3.8) is 0 Å². The molecule has 0 aliphatic heterocycles. The van der Waals surface area contributed by atoms with Crippen molar-refractivity contribution in [2.75, 3.05) is 14.1 Å². The predicted octanol–water partition coefficient (Wildman–Crippen LogP) is 1.61. The third-order valence-electron chi connectivity index (χ3n) is 2.00. The molecule has 1 rings (SSSR count). The van der Waals surface area contributed by atoms with E-state index in [0.717, 1.165) is 9.26 Å². The van der Waals surface area contributed by atoms with Gasteiger partial charge in [-0.25, -0.2) is 4.98 Å². The molecule has 0 spiro atoms. The van der Waals surface area contributed by atoms with E-state index < -0.39 is 0 Å². The largest absolute Gasteiger partial charge is 0.411 e. The van der Waals surface area contributed by atoms with Gasteiger partial charge in [0.05, 0.1) is 0 Å². The van der Waals surface area contributed by atoms with Gasteiger partial charge in [0.2, 0.25) is 0 Å². The summed E-state index contributed by atoms with van der Waals surface area (Å²) in [6.07, 6.45) is 3.13. The molecule has 6 heteroatoms. The second-order valence-corrected chi connectivity index (χ2v) is 4.28. The highest BCUT2D eigenvalue weighted by Crippen LogP contribution is 2.05. The average molecular weight is 332 g/mol. The van der Waals surface area contributed by atoms with Crippen LogP contribution in [-0.4, -0.2) is 41.2 Å². The van der Waals surface area contributed by atoms with Gasteiger partial charge in [0, 0.05) is 26.8 Å². The Morgan fingerprint density at radius 1 is 1.62 bits per heavy atom. The Morgan fingerprint density at radius 2 is 2.38 bits per heavy atom. The quantitative estimate of drug-likeness (QED) is 0.228. The number of halogens is 1. The van der Waals surface area contributed by atoms with Gasteiger partial charge in [0.1, 0.15) is 15.8 Å². The van der Waals surface area contributed by atoms with E-state index >= 15 is 0 Å². The molecule has 1 heterocycles. The van der Waals surface area contributed by atoms with Crippen LogP contribution in [0, 0.1) is 3.70 Å². The molecule has 1 aromatic rings. The molecule has 0 aliphatic rings. The lowest BCUT2D eigenvalue weighted by molar-refractivity contribution is 0.321. The van der Waals surface area contributed by atoms with Gasteiger partial charge in [-0.15, -0.1) is 0 Å². The highest BCUT2D eigenvalue weighted by molar-refractivity contribution is 14.1. The normalized spacial score (nSPS) is 12.1. The smallest absolute Gasteiger partial charge is 0.145 e. The molecule has 86 valence electrons. The van der Waals surface area contributed by atoms with Gasteiger partial charge in [0.25, 0.3) is 0 Å². The molecule has 0 aromatic carbocycles. The maximum Gasteiger partial charge on any atom is 0.145 e. The Kier molecular flexibility index (Phi) is 5.17. The topological polar surface area (TPSA) is 61.1 Å². The molecule has 0 unspecified atom stereocenters. The minimum atomic E-state index is 0.612. The molecule has 0 atom stereocenters. The predicted molar refractivity (Wildman–Crippen MR) is 72.1 cm³/mol. The van der Waals surface area contributed by atoms with Gasteiger partial charge in [-0.1, -0.05) is 11.2 Å². The van der Waals surface area contributed by atoms with E-state index in [0.29, 0.717) is 12.4 Å². The molecule has 0 saturated heterocycles. The molecule has 16 heavy (non-hydrogen) atoms. The highest BCUT2D eigenvalue weighted by Gasteiger charge is 2.04. The molecule has 0 amide bonds. The van der Waals surface area contributed by atoms with E-state index in [1.54, 1.807) is 7.05 Å². The van der Waals surface area contributed by atoms with Crippen LogP contribution in [0.15, 0.2) is 28.5 Å². The molecular weight excluding hydrogens is 319 g/mol. The van der Waals surface area contributed by atoms with E-state index in [1.807, 2.05) is 30.3 Å². The summed E-state index contributed by atoms with van der Waals surface area (Å²) >= 11 is 2.16. The number of aliphatic imine (C=N–C) groups is 1. The minimum absolute atomic E-state index is 0.612. The molecule has 0 aliphatic carbocycles. The van der Waals surface area contributed by atoms with Crippen molar-refractivity contribution in [2.24, 2.45) is 10.1 Å². The summed E-state index contributed by atoms with van der Waals surface area (Å²) in [5.41, 5.74) is 1.08. The second kappa shape index (κ2) is 6.41. The molecule has 0 saturated carbocycles. The molecule has 1 aromatic heterocycles. The molecule has 0 bridgehead atoms. The van der Waals surface area contributed by atoms with Gasteiger partial charge < -0.3 is 10.1 Å². The van der Waals surface area contributed by atoms with Crippen molar-refractivity contribution in [2.45, 2.75) is 6.54 Å². The first-order valence-electron chi connectivity index (χ1n) is 4.63. The fourth-order valence-electron chi connectivity index (χ4n) is 1.23. The Hall–Kier alpha value is -1.18. The van der Waals surface area contributed by atoms with Crippen LogP contribution in [0.2, 0.25) is 0 Å². The first-order chi connectivity index (χ1) is 7.67. The minimum Gasteiger partial charge on any atom is -0.411 e. The summed E-state index contributed by atoms with van der Waals surface area (Å²) in [4.78, 5) is 10.1. The fraction of sp³-hybridized carbons (Fsp3) is 0.300. The number of pyridine rings is 1. The number of nitrogens with zero attached hydrogens (tertiary/aromatic N) is 4. The van der Waals surface area contributed by atoms with Crippen LogP contribution in [-0.2, 0) is 6.54 Å². The molecular formula is C10H13IN4O. The second-order valence-electron chi connectivity index (χ2n) is 3.17. The Balaban J connectivity index is 2.70. The van der Waals surface area contributed by atoms with Gasteiger partial charge in [0.15, 0.2) is 0 Å². The Bertz CT molecular complexity index is 388. The number of rotatable bonds is 3. The van der Waals surface area contributed by atoms with Crippen molar-refractivity contribution in [3.8, 4) is 0 Å². The summed E-state index contributed by atoms with van der Waals surface area (Å²) in [6.45, 7) is 0.669. The third kappa shape index (κ3) is 3.76. The molecule has 0 fully saturated rings. The van der Waals surface area contributed by atoms with Crippen molar-refractivity contribution < 1.29 is 5.21 Å². The number of aromatic nitrogens is 1. The van der Waals surface area contributed by atoms with Crippen LogP contribution in [0.1, 0.15) is 5.56 Å². The molecule has 0 radical (unpaired) electrons. The standard InChI is InChI=1S/C10H13IN4O/c1-12-10(6-14-16)15(2)7-8-3-4-9(11)13-5-8/h3-6,16H,7H2,1-2H3. The molecule has 1 N–H and O–H groups in total. The van der Waals surface area contributed by atoms with E-state index in [4.69, 9.17) is 5.21 Å². The first kappa shape index (κ1) is 12.9. The number of hydrogen-bond acceptors (Lipinski definition) is 4. The maximum absolute atomic E-state index is 8.47. The lowest BCUT2D eigenvalue weighted by Gasteiger charge is -2.17. The van der Waals surface area contributed by atoms with Crippen molar-refractivity contribution in [1.29, 1.82) is 0 Å². The number of oxime groups is 1. The van der Waals surface area contributed by atoms with E-state index in [1.165, 1.54) is 6.21 Å². The van der Waals surface area contributed by atoms with Gasteiger partial charge in [-0.2, -0.15) is 0 Å². The molecule has 5 nitrogen and oxygen atoms in total. The van der Waals surface area contributed by atoms with Gasteiger partial charge in [-0.3, -0.25) is 4.99 Å². The number of hydrogen-bond donors (Lipinski definition) is 1. The highest BCUT2D eigenvalue weighted by atomic mass is 127. The van der Waals surface area contributed by atoms with Gasteiger partial charge >= 0.3 is 0 Å². The number of amidine groups is 1.